The van der Waals surface area contributed by atoms with Crippen LogP contribution in [-0.2, 0) is 10.3 Å². The average molecular weight is 181 g/mol. The van der Waals surface area contributed by atoms with E-state index in [-0.39, 0.29) is 5.60 Å². The zero-order valence-corrected chi connectivity index (χ0v) is 8.09. The van der Waals surface area contributed by atoms with Crippen molar-refractivity contribution in [2.45, 2.75) is 19.4 Å². The summed E-state index contributed by atoms with van der Waals surface area (Å²) in [5, 5.41) is 3.30. The minimum absolute atomic E-state index is 0.285. The van der Waals surface area contributed by atoms with Gasteiger partial charge in [-0.15, -0.1) is 0 Å². The molecule has 3 nitrogen and oxygen atoms in total. The smallest absolute Gasteiger partial charge is 0.137 e. The van der Waals surface area contributed by atoms with E-state index in [2.05, 4.69) is 12.2 Å². The van der Waals surface area contributed by atoms with Gasteiger partial charge in [0.15, 0.2) is 0 Å². The van der Waals surface area contributed by atoms with Crippen LogP contribution in [0.4, 0.5) is 0 Å². The molecule has 0 bridgehead atoms. The van der Waals surface area contributed by atoms with Gasteiger partial charge in [-0.3, -0.25) is 0 Å². The van der Waals surface area contributed by atoms with Gasteiger partial charge in [0.25, 0.3) is 0 Å². The van der Waals surface area contributed by atoms with Crippen LogP contribution in [0.3, 0.4) is 0 Å². The van der Waals surface area contributed by atoms with Gasteiger partial charge in [-0.25, -0.2) is 0 Å². The van der Waals surface area contributed by atoms with E-state index >= 15 is 0 Å². The van der Waals surface area contributed by atoms with E-state index in [1.54, 1.807) is 0 Å². The van der Waals surface area contributed by atoms with Crippen LogP contribution >= 0.6 is 0 Å². The van der Waals surface area contributed by atoms with Gasteiger partial charge in [-0.2, -0.15) is 0 Å². The van der Waals surface area contributed by atoms with Gasteiger partial charge in [0.05, 0.1) is 6.61 Å². The van der Waals surface area contributed by atoms with Gasteiger partial charge >= 0.3 is 0 Å². The van der Waals surface area contributed by atoms with Gasteiger partial charge in [-0.05, 0) is 26.0 Å². The third kappa shape index (κ3) is 1.62. The molecule has 0 spiro atoms. The Balaban J connectivity index is 2.22. The molecule has 1 aliphatic rings. The Morgan fingerprint density at radius 3 is 2.85 bits per heavy atom. The molecular formula is C10H15NO2. The van der Waals surface area contributed by atoms with Crippen molar-refractivity contribution in [3.8, 4) is 0 Å². The zero-order chi connectivity index (χ0) is 9.31. The van der Waals surface area contributed by atoms with E-state index < -0.39 is 0 Å². The highest BCUT2D eigenvalue weighted by molar-refractivity contribution is 5.14. The lowest BCUT2D eigenvalue weighted by atomic mass is 10.0. The number of rotatable bonds is 1. The first-order valence-electron chi connectivity index (χ1n) is 4.62. The number of nitrogens with one attached hydrogen (secondary N) is 1. The molecule has 1 N–H and O–H groups in total. The van der Waals surface area contributed by atoms with Gasteiger partial charge < -0.3 is 14.5 Å². The molecular weight excluding hydrogens is 166 g/mol. The molecule has 0 amide bonds. The maximum absolute atomic E-state index is 5.71. The predicted molar refractivity (Wildman–Crippen MR) is 49.6 cm³/mol. The van der Waals surface area contributed by atoms with Gasteiger partial charge in [0.1, 0.15) is 17.1 Å². The molecule has 0 saturated carbocycles. The van der Waals surface area contributed by atoms with Crippen LogP contribution in [0.25, 0.3) is 0 Å². The molecule has 1 aliphatic heterocycles. The molecule has 1 fully saturated rings. The lowest BCUT2D eigenvalue weighted by molar-refractivity contribution is -0.0709. The second-order valence-electron chi connectivity index (χ2n) is 3.67. The lowest BCUT2D eigenvalue weighted by Gasteiger charge is -2.32. The van der Waals surface area contributed by atoms with Crippen LogP contribution in [0.2, 0.25) is 0 Å². The fourth-order valence-corrected chi connectivity index (χ4v) is 1.60. The average Bonchev–Trinajstić information content (AvgIpc) is 2.54. The largest absolute Gasteiger partial charge is 0.463 e. The number of hydrogen-bond acceptors (Lipinski definition) is 3. The van der Waals surface area contributed by atoms with Crippen molar-refractivity contribution in [1.29, 1.82) is 0 Å². The van der Waals surface area contributed by atoms with Crippen molar-refractivity contribution >= 4 is 0 Å². The van der Waals surface area contributed by atoms with E-state index in [0.29, 0.717) is 0 Å². The summed E-state index contributed by atoms with van der Waals surface area (Å²) in [6, 6.07) is 3.96. The summed E-state index contributed by atoms with van der Waals surface area (Å²) in [7, 11) is 0. The number of furan rings is 1. The first-order chi connectivity index (χ1) is 6.21. The molecule has 3 heteroatoms. The van der Waals surface area contributed by atoms with Gasteiger partial charge in [0.2, 0.25) is 0 Å². The van der Waals surface area contributed by atoms with E-state index in [1.165, 1.54) is 0 Å². The number of hydrogen-bond donors (Lipinski definition) is 1. The topological polar surface area (TPSA) is 34.4 Å². The molecule has 13 heavy (non-hydrogen) atoms. The van der Waals surface area contributed by atoms with Crippen molar-refractivity contribution in [3.63, 3.8) is 0 Å². The molecule has 1 atom stereocenters. The normalized spacial score (nSPS) is 29.1. The molecule has 0 aliphatic carbocycles. The second-order valence-corrected chi connectivity index (χ2v) is 3.67. The standard InChI is InChI=1S/C10H15NO2/c1-8-3-4-9(13-8)10(2)7-11-5-6-12-10/h3-4,11H,5-7H2,1-2H3. The van der Waals surface area contributed by atoms with Crippen LogP contribution in [0.15, 0.2) is 16.5 Å². The molecule has 2 heterocycles. The number of aryl methyl sites for hydroxylation is 1. The third-order valence-corrected chi connectivity index (χ3v) is 2.42. The predicted octanol–water partition coefficient (Wildman–Crippen LogP) is 1.42. The molecule has 1 unspecified atom stereocenters. The molecule has 0 radical (unpaired) electrons. The Kier molecular flexibility index (Phi) is 2.14. The monoisotopic (exact) mass is 181 g/mol. The van der Waals surface area contributed by atoms with E-state index in [9.17, 15) is 0 Å². The van der Waals surface area contributed by atoms with Gasteiger partial charge in [-0.1, -0.05) is 0 Å². The minimum Gasteiger partial charge on any atom is -0.463 e. The van der Waals surface area contributed by atoms with Crippen molar-refractivity contribution in [2.75, 3.05) is 19.7 Å². The number of morpholine rings is 1. The fraction of sp³-hybridized carbons (Fsp3) is 0.600. The maximum atomic E-state index is 5.71. The van der Waals surface area contributed by atoms with Gasteiger partial charge in [0, 0.05) is 13.1 Å². The van der Waals surface area contributed by atoms with E-state index in [1.807, 2.05) is 19.1 Å². The summed E-state index contributed by atoms with van der Waals surface area (Å²) < 4.78 is 11.3. The minimum atomic E-state index is -0.285. The highest BCUT2D eigenvalue weighted by atomic mass is 16.5. The summed E-state index contributed by atoms with van der Waals surface area (Å²) in [6.45, 7) is 6.49. The Bertz CT molecular complexity index is 287. The Morgan fingerprint density at radius 2 is 2.31 bits per heavy atom. The molecule has 1 saturated heterocycles. The third-order valence-electron chi connectivity index (χ3n) is 2.42. The molecule has 1 aromatic rings. The first-order valence-corrected chi connectivity index (χ1v) is 4.62. The van der Waals surface area contributed by atoms with Crippen molar-refractivity contribution in [3.05, 3.63) is 23.7 Å². The molecule has 1 aromatic heterocycles. The summed E-state index contributed by atoms with van der Waals surface area (Å²) >= 11 is 0. The molecule has 0 aromatic carbocycles. The quantitative estimate of drug-likeness (QED) is 0.711. The lowest BCUT2D eigenvalue weighted by Crippen LogP contribution is -2.45. The molecule has 2 rings (SSSR count). The summed E-state index contributed by atoms with van der Waals surface area (Å²) in [6.07, 6.45) is 0. The summed E-state index contributed by atoms with van der Waals surface area (Å²) in [4.78, 5) is 0. The molecule has 72 valence electrons. The highest BCUT2D eigenvalue weighted by Gasteiger charge is 2.32. The van der Waals surface area contributed by atoms with Crippen molar-refractivity contribution in [2.24, 2.45) is 0 Å². The van der Waals surface area contributed by atoms with E-state index in [4.69, 9.17) is 9.15 Å². The fourth-order valence-electron chi connectivity index (χ4n) is 1.60. The summed E-state index contributed by atoms with van der Waals surface area (Å²) in [5.41, 5.74) is -0.285. The summed E-state index contributed by atoms with van der Waals surface area (Å²) in [5.74, 6) is 1.85. The Hall–Kier alpha value is -0.800. The van der Waals surface area contributed by atoms with Crippen LogP contribution < -0.4 is 5.32 Å². The van der Waals surface area contributed by atoms with Crippen LogP contribution in [0.5, 0.6) is 0 Å². The van der Waals surface area contributed by atoms with Crippen molar-refractivity contribution in [1.82, 2.24) is 5.32 Å². The second kappa shape index (κ2) is 3.16. The van der Waals surface area contributed by atoms with Crippen LogP contribution in [0, 0.1) is 6.92 Å². The first kappa shape index (κ1) is 8.78. The number of ether oxygens (including phenoxy) is 1. The maximum Gasteiger partial charge on any atom is 0.137 e. The Morgan fingerprint density at radius 1 is 1.46 bits per heavy atom. The van der Waals surface area contributed by atoms with Crippen LogP contribution in [0.1, 0.15) is 18.4 Å². The Labute approximate surface area is 78.1 Å². The zero-order valence-electron chi connectivity index (χ0n) is 8.09. The van der Waals surface area contributed by atoms with Crippen LogP contribution in [-0.4, -0.2) is 19.7 Å². The SMILES string of the molecule is Cc1ccc(C2(C)CNCCO2)o1. The highest BCUT2D eigenvalue weighted by Crippen LogP contribution is 2.27. The van der Waals surface area contributed by atoms with E-state index in [0.717, 1.165) is 31.2 Å². The van der Waals surface area contributed by atoms with Crippen molar-refractivity contribution < 1.29 is 9.15 Å².